The van der Waals surface area contributed by atoms with Crippen molar-refractivity contribution in [2.75, 3.05) is 32.4 Å². The molecule has 4 aliphatic heterocycles. The molecular formula is C22H26N2O4. The number of carbonyl (C=O) groups excluding carboxylic acids is 1. The quantitative estimate of drug-likeness (QED) is 0.590. The van der Waals surface area contributed by atoms with E-state index in [4.69, 9.17) is 14.2 Å². The Kier molecular flexibility index (Phi) is 3.27. The fourth-order valence-electron chi connectivity index (χ4n) is 7.34. The molecule has 6 heteroatoms. The highest BCUT2D eigenvalue weighted by atomic mass is 16.6. The number of hydrogen-bond acceptors (Lipinski definition) is 6. The smallest absolute Gasteiger partial charge is 0.310 e. The molecule has 4 heterocycles. The van der Waals surface area contributed by atoms with Gasteiger partial charge in [-0.3, -0.25) is 9.69 Å². The van der Waals surface area contributed by atoms with Gasteiger partial charge in [0.05, 0.1) is 24.5 Å². The number of hydrogen-bond donors (Lipinski definition) is 0. The zero-order valence-electron chi connectivity index (χ0n) is 16.6. The Labute approximate surface area is 165 Å². The average molecular weight is 382 g/mol. The summed E-state index contributed by atoms with van der Waals surface area (Å²) >= 11 is 0. The van der Waals surface area contributed by atoms with E-state index in [1.54, 1.807) is 7.11 Å². The standard InChI is InChI=1S/C22H26N2O4/c1-4-13-11-23-17-9-14(13)19(20(25)27-3)21-10-18(23)28-22(17,21)24(12-26-2)16-8-6-5-7-15(16)21/h4-8,14,17-19H,9-12H2,1-3H3/b13-4-/t14-,17-,18-,19?,21-,22-/m0/s1. The normalized spacial score (nSPS) is 43.5. The molecule has 28 heavy (non-hydrogen) atoms. The van der Waals surface area contributed by atoms with E-state index < -0.39 is 11.1 Å². The molecule has 4 fully saturated rings. The van der Waals surface area contributed by atoms with Crippen molar-refractivity contribution in [3.05, 3.63) is 41.5 Å². The van der Waals surface area contributed by atoms with Gasteiger partial charge in [-0.25, -0.2) is 0 Å². The Bertz CT molecular complexity index is 900. The molecule has 0 amide bonds. The van der Waals surface area contributed by atoms with Crippen molar-refractivity contribution >= 4 is 11.7 Å². The molecule has 6 atom stereocenters. The largest absolute Gasteiger partial charge is 0.469 e. The van der Waals surface area contributed by atoms with E-state index in [0.29, 0.717) is 6.73 Å². The van der Waals surface area contributed by atoms with Gasteiger partial charge >= 0.3 is 5.97 Å². The van der Waals surface area contributed by atoms with Crippen LogP contribution in [-0.2, 0) is 24.4 Å². The Morgan fingerprint density at radius 2 is 2.18 bits per heavy atom. The molecule has 0 aromatic heterocycles. The van der Waals surface area contributed by atoms with E-state index in [2.05, 4.69) is 47.1 Å². The topological polar surface area (TPSA) is 51.2 Å². The minimum absolute atomic E-state index is 0.0288. The maximum Gasteiger partial charge on any atom is 0.310 e. The van der Waals surface area contributed by atoms with Gasteiger partial charge in [0.25, 0.3) is 0 Å². The Morgan fingerprint density at radius 3 is 2.93 bits per heavy atom. The summed E-state index contributed by atoms with van der Waals surface area (Å²) in [5.41, 5.74) is 2.73. The molecule has 148 valence electrons. The first-order valence-electron chi connectivity index (χ1n) is 10.2. The summed E-state index contributed by atoms with van der Waals surface area (Å²) in [6.45, 7) is 3.41. The van der Waals surface area contributed by atoms with Crippen molar-refractivity contribution < 1.29 is 19.0 Å². The molecule has 6 rings (SSSR count). The summed E-state index contributed by atoms with van der Waals surface area (Å²) in [6.07, 6.45) is 3.98. The number of piperidine rings is 2. The van der Waals surface area contributed by atoms with Crippen LogP contribution >= 0.6 is 0 Å². The number of carbonyl (C=O) groups is 1. The zero-order chi connectivity index (χ0) is 19.3. The third-order valence-corrected chi connectivity index (χ3v) is 8.09. The Morgan fingerprint density at radius 1 is 1.36 bits per heavy atom. The molecule has 1 aromatic carbocycles. The first-order chi connectivity index (χ1) is 13.6. The molecule has 1 unspecified atom stereocenters. The number of methoxy groups -OCH3 is 2. The predicted molar refractivity (Wildman–Crippen MR) is 103 cm³/mol. The minimum atomic E-state index is -0.564. The van der Waals surface area contributed by atoms with Crippen LogP contribution in [0.15, 0.2) is 35.9 Å². The van der Waals surface area contributed by atoms with Gasteiger partial charge < -0.3 is 19.1 Å². The molecule has 6 nitrogen and oxygen atoms in total. The second-order valence-electron chi connectivity index (χ2n) is 8.70. The summed E-state index contributed by atoms with van der Waals surface area (Å²) in [7, 11) is 3.24. The van der Waals surface area contributed by atoms with Gasteiger partial charge in [0, 0.05) is 25.8 Å². The third-order valence-electron chi connectivity index (χ3n) is 8.09. The summed E-state index contributed by atoms with van der Waals surface area (Å²) in [6, 6.07) is 8.73. The second-order valence-corrected chi connectivity index (χ2v) is 8.70. The molecule has 4 bridgehead atoms. The lowest BCUT2D eigenvalue weighted by molar-refractivity contribution is -0.164. The highest BCUT2D eigenvalue weighted by Crippen LogP contribution is 2.74. The number of para-hydroxylation sites is 1. The van der Waals surface area contributed by atoms with Gasteiger partial charge in [0.2, 0.25) is 0 Å². The van der Waals surface area contributed by atoms with Crippen LogP contribution in [0.3, 0.4) is 0 Å². The second kappa shape index (κ2) is 5.38. The van der Waals surface area contributed by atoms with Crippen LogP contribution in [0, 0.1) is 11.8 Å². The Balaban J connectivity index is 1.67. The lowest BCUT2D eigenvalue weighted by Gasteiger charge is -2.61. The van der Waals surface area contributed by atoms with Gasteiger partial charge in [0.1, 0.15) is 13.0 Å². The van der Waals surface area contributed by atoms with Crippen LogP contribution in [0.2, 0.25) is 0 Å². The lowest BCUT2D eigenvalue weighted by atomic mass is 9.49. The summed E-state index contributed by atoms with van der Waals surface area (Å²) in [5, 5.41) is 0. The summed E-state index contributed by atoms with van der Waals surface area (Å²) in [4.78, 5) is 18.1. The van der Waals surface area contributed by atoms with Crippen LogP contribution in [-0.4, -0.2) is 56.4 Å². The van der Waals surface area contributed by atoms with E-state index in [9.17, 15) is 4.79 Å². The van der Waals surface area contributed by atoms with E-state index in [1.807, 2.05) is 0 Å². The van der Waals surface area contributed by atoms with Gasteiger partial charge in [-0.05, 0) is 30.9 Å². The number of ether oxygens (including phenoxy) is 3. The van der Waals surface area contributed by atoms with Crippen LogP contribution in [0.1, 0.15) is 25.3 Å². The van der Waals surface area contributed by atoms with Gasteiger partial charge in [-0.1, -0.05) is 29.8 Å². The highest BCUT2D eigenvalue weighted by molar-refractivity contribution is 5.82. The fraction of sp³-hybridized carbons (Fsp3) is 0.591. The van der Waals surface area contributed by atoms with Crippen molar-refractivity contribution in [3.8, 4) is 0 Å². The SMILES string of the molecule is C/C=C1/CN2[C@@H]3C[C@@]45c6ccccc6N(COC)[C@]4(O3)[C@@H]2C[C@@H]1C5C(=O)OC. The zero-order valence-corrected chi connectivity index (χ0v) is 16.6. The predicted octanol–water partition coefficient (Wildman–Crippen LogP) is 2.24. The molecule has 5 aliphatic rings. The first kappa shape index (κ1) is 17.0. The number of anilines is 1. The summed E-state index contributed by atoms with van der Waals surface area (Å²) < 4.78 is 17.9. The molecule has 0 radical (unpaired) electrons. The van der Waals surface area contributed by atoms with Crippen LogP contribution < -0.4 is 4.90 Å². The molecule has 0 N–H and O–H groups in total. The summed E-state index contributed by atoms with van der Waals surface area (Å²) in [5.74, 6) is -0.152. The van der Waals surface area contributed by atoms with Crippen LogP contribution in [0.25, 0.3) is 0 Å². The van der Waals surface area contributed by atoms with Crippen molar-refractivity contribution in [1.29, 1.82) is 0 Å². The minimum Gasteiger partial charge on any atom is -0.469 e. The molecule has 1 aliphatic carbocycles. The number of allylic oxidation sites excluding steroid dienone is 1. The lowest BCUT2D eigenvalue weighted by Crippen LogP contribution is -2.75. The molecule has 1 saturated carbocycles. The molecule has 1 aromatic rings. The molecule has 3 saturated heterocycles. The molecular weight excluding hydrogens is 356 g/mol. The van der Waals surface area contributed by atoms with Gasteiger partial charge in [-0.2, -0.15) is 0 Å². The van der Waals surface area contributed by atoms with Crippen molar-refractivity contribution in [3.63, 3.8) is 0 Å². The number of esters is 1. The van der Waals surface area contributed by atoms with Gasteiger partial charge in [0.15, 0.2) is 5.72 Å². The van der Waals surface area contributed by atoms with E-state index in [0.717, 1.165) is 25.1 Å². The van der Waals surface area contributed by atoms with E-state index in [-0.39, 0.29) is 30.1 Å². The van der Waals surface area contributed by atoms with Crippen molar-refractivity contribution in [2.45, 2.75) is 43.2 Å². The number of rotatable bonds is 3. The highest BCUT2D eigenvalue weighted by Gasteiger charge is 2.84. The Hall–Kier alpha value is -1.89. The maximum atomic E-state index is 13.3. The third kappa shape index (κ3) is 1.55. The van der Waals surface area contributed by atoms with E-state index >= 15 is 0 Å². The maximum absolute atomic E-state index is 13.3. The number of nitrogens with zero attached hydrogens (tertiary/aromatic N) is 2. The fourth-order valence-corrected chi connectivity index (χ4v) is 7.34. The first-order valence-corrected chi connectivity index (χ1v) is 10.2. The van der Waals surface area contributed by atoms with Crippen molar-refractivity contribution in [1.82, 2.24) is 4.90 Å². The average Bonchev–Trinajstić information content (AvgIpc) is 3.32. The number of benzene rings is 1. The van der Waals surface area contributed by atoms with Crippen LogP contribution in [0.5, 0.6) is 0 Å². The van der Waals surface area contributed by atoms with Crippen LogP contribution in [0.4, 0.5) is 5.69 Å². The molecule has 1 spiro atoms. The van der Waals surface area contributed by atoms with Gasteiger partial charge in [-0.15, -0.1) is 0 Å². The number of fused-ring (bicyclic) bond motifs is 4. The van der Waals surface area contributed by atoms with E-state index in [1.165, 1.54) is 18.2 Å². The van der Waals surface area contributed by atoms with Crippen molar-refractivity contribution in [2.24, 2.45) is 11.8 Å². The monoisotopic (exact) mass is 382 g/mol.